The van der Waals surface area contributed by atoms with Crippen LogP contribution in [0.25, 0.3) is 11.1 Å². The third-order valence-electron chi connectivity index (χ3n) is 6.58. The van der Waals surface area contributed by atoms with Crippen LogP contribution in [0.2, 0.25) is 5.02 Å². The number of allylic oxidation sites excluding steroid dienone is 3. The first-order valence-corrected chi connectivity index (χ1v) is 13.2. The lowest BCUT2D eigenvalue weighted by atomic mass is 9.85. The molecule has 0 radical (unpaired) electrons. The smallest absolute Gasteiger partial charge is 0.174 e. The van der Waals surface area contributed by atoms with Gasteiger partial charge in [0, 0.05) is 41.8 Å². The molecule has 0 amide bonds. The number of nitrogens with zero attached hydrogens (tertiary/aromatic N) is 1. The zero-order valence-corrected chi connectivity index (χ0v) is 22.2. The van der Waals surface area contributed by atoms with Crippen molar-refractivity contribution in [1.82, 2.24) is 5.32 Å². The molecule has 2 aromatic carbocycles. The van der Waals surface area contributed by atoms with Crippen LogP contribution < -0.4 is 10.1 Å². The first-order chi connectivity index (χ1) is 17.6. The van der Waals surface area contributed by atoms with Crippen LogP contribution in [-0.2, 0) is 4.74 Å². The van der Waals surface area contributed by atoms with Crippen molar-refractivity contribution in [1.29, 1.82) is 5.26 Å². The van der Waals surface area contributed by atoms with Crippen LogP contribution in [0.1, 0.15) is 63.0 Å². The number of nitriles is 1. The van der Waals surface area contributed by atoms with E-state index in [-0.39, 0.29) is 29.4 Å². The van der Waals surface area contributed by atoms with Gasteiger partial charge in [-0.1, -0.05) is 56.2 Å². The lowest BCUT2D eigenvalue weighted by Crippen LogP contribution is -2.38. The van der Waals surface area contributed by atoms with Crippen LogP contribution in [-0.4, -0.2) is 32.9 Å². The SMILES string of the molecule is CC.COCCOc1ccc(C#N)c(-c2cc(C(CNC3CCC3)C3=CCCC=C3)ccc2Cl)c1F. The Morgan fingerprint density at radius 2 is 1.97 bits per heavy atom. The summed E-state index contributed by atoms with van der Waals surface area (Å²) >= 11 is 6.58. The Morgan fingerprint density at radius 3 is 2.61 bits per heavy atom. The molecule has 1 N–H and O–H groups in total. The van der Waals surface area contributed by atoms with Crippen LogP contribution in [0.15, 0.2) is 54.1 Å². The fourth-order valence-electron chi connectivity index (χ4n) is 4.43. The van der Waals surface area contributed by atoms with Crippen molar-refractivity contribution in [3.05, 3.63) is 76.1 Å². The third kappa shape index (κ3) is 6.76. The zero-order valence-electron chi connectivity index (χ0n) is 21.4. The molecule has 0 aromatic heterocycles. The zero-order chi connectivity index (χ0) is 25.9. The highest BCUT2D eigenvalue weighted by Crippen LogP contribution is 2.39. The lowest BCUT2D eigenvalue weighted by molar-refractivity contribution is 0.144. The maximum Gasteiger partial charge on any atom is 0.174 e. The first-order valence-electron chi connectivity index (χ1n) is 12.9. The molecule has 192 valence electrons. The highest BCUT2D eigenvalue weighted by molar-refractivity contribution is 6.33. The average molecular weight is 511 g/mol. The molecule has 2 aliphatic carbocycles. The number of halogens is 2. The van der Waals surface area contributed by atoms with E-state index in [0.29, 0.717) is 23.2 Å². The summed E-state index contributed by atoms with van der Waals surface area (Å²) in [5.74, 6) is -0.397. The van der Waals surface area contributed by atoms with E-state index in [2.05, 4.69) is 29.6 Å². The standard InChI is InChI=1S/C28H30ClFN2O2.C2H6/c1-33-14-15-34-26-13-11-21(17-31)27(28(26)30)23-16-20(10-12-25(23)29)24(18-32-22-8-5-9-22)19-6-3-2-4-7-19;1-2/h3,6-7,10-13,16,22,24,32H,2,4-5,8-9,14-15,18H2,1H3;1-2H3. The van der Waals surface area contributed by atoms with Crippen LogP contribution in [0.4, 0.5) is 4.39 Å². The summed E-state index contributed by atoms with van der Waals surface area (Å²) in [6, 6.07) is 11.5. The van der Waals surface area contributed by atoms with Gasteiger partial charge in [0.1, 0.15) is 6.61 Å². The summed E-state index contributed by atoms with van der Waals surface area (Å²) in [6.45, 7) is 5.35. The number of hydrogen-bond acceptors (Lipinski definition) is 4. The fraction of sp³-hybridized carbons (Fsp3) is 0.433. The van der Waals surface area contributed by atoms with Gasteiger partial charge in [-0.2, -0.15) is 5.26 Å². The van der Waals surface area contributed by atoms with Crippen molar-refractivity contribution in [2.24, 2.45) is 0 Å². The van der Waals surface area contributed by atoms with Gasteiger partial charge in [-0.05, 0) is 61.1 Å². The maximum absolute atomic E-state index is 15.6. The number of rotatable bonds is 10. The van der Waals surface area contributed by atoms with Crippen LogP contribution in [0, 0.1) is 17.1 Å². The molecule has 0 bridgehead atoms. The molecule has 2 aromatic rings. The number of ether oxygens (including phenoxy) is 2. The number of hydrogen-bond donors (Lipinski definition) is 1. The highest BCUT2D eigenvalue weighted by atomic mass is 35.5. The largest absolute Gasteiger partial charge is 0.488 e. The van der Waals surface area contributed by atoms with Crippen molar-refractivity contribution >= 4 is 11.6 Å². The van der Waals surface area contributed by atoms with Crippen molar-refractivity contribution in [2.45, 2.75) is 57.9 Å². The molecule has 1 fully saturated rings. The molecule has 0 saturated heterocycles. The van der Waals surface area contributed by atoms with Gasteiger partial charge in [0.05, 0.1) is 18.2 Å². The molecule has 0 aliphatic heterocycles. The minimum Gasteiger partial charge on any atom is -0.488 e. The quantitative estimate of drug-likeness (QED) is 0.335. The molecule has 1 unspecified atom stereocenters. The average Bonchev–Trinajstić information content (AvgIpc) is 2.89. The molecule has 4 rings (SSSR count). The molecular formula is C30H36ClFN2O2. The Kier molecular flexibility index (Phi) is 11.0. The predicted molar refractivity (Wildman–Crippen MR) is 145 cm³/mol. The van der Waals surface area contributed by atoms with Crippen LogP contribution in [0.3, 0.4) is 0 Å². The summed E-state index contributed by atoms with van der Waals surface area (Å²) in [5, 5.41) is 13.8. The molecular weight excluding hydrogens is 475 g/mol. The molecule has 36 heavy (non-hydrogen) atoms. The van der Waals surface area contributed by atoms with E-state index in [0.717, 1.165) is 24.9 Å². The summed E-state index contributed by atoms with van der Waals surface area (Å²) in [6.07, 6.45) is 12.4. The first kappa shape index (κ1) is 27.9. The minimum atomic E-state index is -0.588. The number of methoxy groups -OCH3 is 1. The minimum absolute atomic E-state index is 0.0774. The van der Waals surface area contributed by atoms with E-state index in [9.17, 15) is 5.26 Å². The number of nitrogens with one attached hydrogen (secondary N) is 1. The van der Waals surface area contributed by atoms with E-state index in [4.69, 9.17) is 21.1 Å². The van der Waals surface area contributed by atoms with Gasteiger partial charge in [-0.25, -0.2) is 4.39 Å². The van der Waals surface area contributed by atoms with Gasteiger partial charge in [0.15, 0.2) is 11.6 Å². The summed E-state index contributed by atoms with van der Waals surface area (Å²) in [7, 11) is 1.56. The van der Waals surface area contributed by atoms with Gasteiger partial charge >= 0.3 is 0 Å². The molecule has 0 spiro atoms. The van der Waals surface area contributed by atoms with Crippen molar-refractivity contribution < 1.29 is 13.9 Å². The second kappa shape index (κ2) is 14.2. The van der Waals surface area contributed by atoms with Crippen molar-refractivity contribution in [2.75, 3.05) is 26.9 Å². The molecule has 4 nitrogen and oxygen atoms in total. The van der Waals surface area contributed by atoms with Gasteiger partial charge in [0.25, 0.3) is 0 Å². The molecule has 2 aliphatic rings. The van der Waals surface area contributed by atoms with E-state index >= 15 is 4.39 Å². The van der Waals surface area contributed by atoms with E-state index in [1.165, 1.54) is 30.9 Å². The number of benzene rings is 2. The second-order valence-corrected chi connectivity index (χ2v) is 9.17. The van der Waals surface area contributed by atoms with Gasteiger partial charge < -0.3 is 14.8 Å². The Balaban J connectivity index is 0.00000176. The normalized spacial score (nSPS) is 15.7. The van der Waals surface area contributed by atoms with Crippen LogP contribution in [0.5, 0.6) is 5.75 Å². The monoisotopic (exact) mass is 510 g/mol. The molecule has 6 heteroatoms. The maximum atomic E-state index is 15.6. The topological polar surface area (TPSA) is 54.3 Å². The lowest BCUT2D eigenvalue weighted by Gasteiger charge is -2.30. The van der Waals surface area contributed by atoms with E-state index in [1.807, 2.05) is 26.0 Å². The predicted octanol–water partition coefficient (Wildman–Crippen LogP) is 7.57. The fourth-order valence-corrected chi connectivity index (χ4v) is 4.64. The van der Waals surface area contributed by atoms with E-state index < -0.39 is 5.82 Å². The Bertz CT molecular complexity index is 1120. The Hall–Kier alpha value is -2.65. The second-order valence-electron chi connectivity index (χ2n) is 8.77. The van der Waals surface area contributed by atoms with Gasteiger partial charge in [0.2, 0.25) is 0 Å². The molecule has 1 atom stereocenters. The Labute approximate surface area is 219 Å². The van der Waals surface area contributed by atoms with Gasteiger partial charge in [-0.3, -0.25) is 0 Å². The highest BCUT2D eigenvalue weighted by Gasteiger charge is 2.24. The van der Waals surface area contributed by atoms with Crippen molar-refractivity contribution in [3.8, 4) is 22.9 Å². The summed E-state index contributed by atoms with van der Waals surface area (Å²) < 4.78 is 26.1. The van der Waals surface area contributed by atoms with Crippen LogP contribution >= 0.6 is 11.6 Å². The summed E-state index contributed by atoms with van der Waals surface area (Å²) in [4.78, 5) is 0. The molecule has 0 heterocycles. The Morgan fingerprint density at radius 1 is 1.17 bits per heavy atom. The summed E-state index contributed by atoms with van der Waals surface area (Å²) in [5.41, 5.74) is 3.18. The third-order valence-corrected chi connectivity index (χ3v) is 6.91. The van der Waals surface area contributed by atoms with Crippen molar-refractivity contribution in [3.63, 3.8) is 0 Å². The van der Waals surface area contributed by atoms with E-state index in [1.54, 1.807) is 19.2 Å². The molecule has 1 saturated carbocycles. The van der Waals surface area contributed by atoms with Gasteiger partial charge in [-0.15, -0.1) is 0 Å².